The largest absolute Gasteiger partial charge is 0.466 e. The summed E-state index contributed by atoms with van der Waals surface area (Å²) < 4.78 is 5.10. The van der Waals surface area contributed by atoms with Crippen molar-refractivity contribution in [2.75, 3.05) is 38.1 Å². The first-order chi connectivity index (χ1) is 16.9. The number of carbonyl (C=O) groups excluding carboxylic acids is 3. The molecule has 2 aromatic rings. The van der Waals surface area contributed by atoms with Gasteiger partial charge in [0.25, 0.3) is 0 Å². The van der Waals surface area contributed by atoms with Gasteiger partial charge in [-0.2, -0.15) is 0 Å². The molecule has 1 N–H and O–H groups in total. The van der Waals surface area contributed by atoms with Gasteiger partial charge in [0.05, 0.1) is 23.2 Å². The van der Waals surface area contributed by atoms with Crippen molar-refractivity contribution in [3.05, 3.63) is 64.1 Å². The number of likely N-dealkylation sites (tertiary alicyclic amines) is 1. The van der Waals surface area contributed by atoms with E-state index in [9.17, 15) is 14.4 Å². The highest BCUT2D eigenvalue weighted by Crippen LogP contribution is 2.26. The standard InChI is InChI=1S/C26H31Cl2N3O4/c1-2-35-25(33)20-11-15-30(16-12-20)24(32)13-17-31(14-10-19-6-4-3-5-7-19)26(34)29-23-9-8-21(27)18-22(23)28/h3-9,18,20H,2,10-17H2,1H3,(H,29,34). The van der Waals surface area contributed by atoms with Crippen LogP contribution in [0.25, 0.3) is 0 Å². The zero-order chi connectivity index (χ0) is 25.2. The van der Waals surface area contributed by atoms with Crippen LogP contribution in [0.3, 0.4) is 0 Å². The van der Waals surface area contributed by atoms with Crippen molar-refractivity contribution in [1.29, 1.82) is 0 Å². The maximum Gasteiger partial charge on any atom is 0.321 e. The molecule has 0 radical (unpaired) electrons. The van der Waals surface area contributed by atoms with Crippen molar-refractivity contribution < 1.29 is 19.1 Å². The van der Waals surface area contributed by atoms with Crippen LogP contribution in [-0.2, 0) is 20.7 Å². The van der Waals surface area contributed by atoms with Gasteiger partial charge in [0.1, 0.15) is 0 Å². The summed E-state index contributed by atoms with van der Waals surface area (Å²) in [5.74, 6) is -0.380. The van der Waals surface area contributed by atoms with E-state index >= 15 is 0 Å². The molecule has 1 saturated heterocycles. The van der Waals surface area contributed by atoms with Crippen molar-refractivity contribution in [2.24, 2.45) is 5.92 Å². The Hall–Kier alpha value is -2.77. The smallest absolute Gasteiger partial charge is 0.321 e. The number of hydrogen-bond donors (Lipinski definition) is 1. The molecule has 1 fully saturated rings. The number of anilines is 1. The van der Waals surface area contributed by atoms with E-state index in [1.165, 1.54) is 0 Å². The number of carbonyl (C=O) groups is 3. The average Bonchev–Trinajstić information content (AvgIpc) is 2.86. The fourth-order valence-electron chi connectivity index (χ4n) is 4.02. The van der Waals surface area contributed by atoms with Crippen LogP contribution in [0.2, 0.25) is 10.0 Å². The van der Waals surface area contributed by atoms with Crippen molar-refractivity contribution in [2.45, 2.75) is 32.6 Å². The fraction of sp³-hybridized carbons (Fsp3) is 0.423. The number of halogens is 2. The SMILES string of the molecule is CCOC(=O)C1CCN(C(=O)CCN(CCc2ccccc2)C(=O)Nc2ccc(Cl)cc2Cl)CC1. The summed E-state index contributed by atoms with van der Waals surface area (Å²) in [5.41, 5.74) is 1.56. The van der Waals surface area contributed by atoms with Crippen LogP contribution in [-0.4, -0.2) is 60.5 Å². The van der Waals surface area contributed by atoms with Gasteiger partial charge in [-0.15, -0.1) is 0 Å². The first kappa shape index (κ1) is 26.8. The highest BCUT2D eigenvalue weighted by molar-refractivity contribution is 6.36. The third-order valence-corrected chi connectivity index (χ3v) is 6.58. The third-order valence-electron chi connectivity index (χ3n) is 6.04. The van der Waals surface area contributed by atoms with E-state index in [0.717, 1.165) is 5.56 Å². The van der Waals surface area contributed by atoms with E-state index in [-0.39, 0.29) is 36.8 Å². The van der Waals surface area contributed by atoms with Gasteiger partial charge in [0.2, 0.25) is 5.91 Å². The number of piperidine rings is 1. The van der Waals surface area contributed by atoms with Gasteiger partial charge in [0.15, 0.2) is 0 Å². The molecule has 1 heterocycles. The molecule has 188 valence electrons. The van der Waals surface area contributed by atoms with Crippen molar-refractivity contribution >= 4 is 46.8 Å². The minimum atomic E-state index is -0.334. The Kier molecular flexibility index (Phi) is 10.2. The van der Waals surface area contributed by atoms with Gasteiger partial charge in [-0.3, -0.25) is 9.59 Å². The van der Waals surface area contributed by atoms with Crippen molar-refractivity contribution in [1.82, 2.24) is 9.80 Å². The lowest BCUT2D eigenvalue weighted by Crippen LogP contribution is -2.43. The van der Waals surface area contributed by atoms with Gasteiger partial charge < -0.3 is 19.9 Å². The molecule has 1 aliphatic heterocycles. The Bertz CT molecular complexity index is 1010. The molecule has 3 amide bonds. The lowest BCUT2D eigenvalue weighted by molar-refractivity contribution is -0.151. The molecular formula is C26H31Cl2N3O4. The quantitative estimate of drug-likeness (QED) is 0.458. The minimum Gasteiger partial charge on any atom is -0.466 e. The Morgan fingerprint density at radius 3 is 2.43 bits per heavy atom. The number of rotatable bonds is 9. The molecule has 0 aromatic heterocycles. The summed E-state index contributed by atoms with van der Waals surface area (Å²) in [7, 11) is 0. The normalized spacial score (nSPS) is 13.9. The third kappa shape index (κ3) is 8.15. The number of hydrogen-bond acceptors (Lipinski definition) is 4. The molecule has 0 atom stereocenters. The molecule has 0 aliphatic carbocycles. The Labute approximate surface area is 216 Å². The van der Waals surface area contributed by atoms with E-state index in [1.54, 1.807) is 34.9 Å². The molecule has 9 heteroatoms. The molecule has 3 rings (SSSR count). The van der Waals surface area contributed by atoms with E-state index in [2.05, 4.69) is 5.32 Å². The number of amides is 3. The lowest BCUT2D eigenvalue weighted by atomic mass is 9.97. The second kappa shape index (κ2) is 13.4. The van der Waals surface area contributed by atoms with Gasteiger partial charge in [-0.25, -0.2) is 4.79 Å². The first-order valence-corrected chi connectivity index (χ1v) is 12.6. The van der Waals surface area contributed by atoms with Crippen LogP contribution in [0.1, 0.15) is 31.7 Å². The molecule has 35 heavy (non-hydrogen) atoms. The van der Waals surface area contributed by atoms with Crippen molar-refractivity contribution in [3.8, 4) is 0 Å². The Balaban J connectivity index is 1.59. The number of nitrogens with one attached hydrogen (secondary N) is 1. The molecular weight excluding hydrogens is 489 g/mol. The van der Waals surface area contributed by atoms with Crippen LogP contribution in [0.4, 0.5) is 10.5 Å². The fourth-order valence-corrected chi connectivity index (χ4v) is 4.48. The van der Waals surface area contributed by atoms with Gasteiger partial charge in [0, 0.05) is 37.6 Å². The number of esters is 1. The van der Waals surface area contributed by atoms with E-state index in [0.29, 0.717) is 61.2 Å². The predicted molar refractivity (Wildman–Crippen MR) is 138 cm³/mol. The summed E-state index contributed by atoms with van der Waals surface area (Å²) in [4.78, 5) is 41.3. The summed E-state index contributed by atoms with van der Waals surface area (Å²) in [5, 5.41) is 3.65. The maximum absolute atomic E-state index is 13.1. The molecule has 0 spiro atoms. The molecule has 0 unspecified atom stereocenters. The second-order valence-corrected chi connectivity index (χ2v) is 9.28. The molecule has 1 aliphatic rings. The highest BCUT2D eigenvalue weighted by Gasteiger charge is 2.28. The number of nitrogens with zero attached hydrogens (tertiary/aromatic N) is 2. The first-order valence-electron chi connectivity index (χ1n) is 11.9. The molecule has 0 saturated carbocycles. The molecule has 7 nitrogen and oxygen atoms in total. The summed E-state index contributed by atoms with van der Waals surface area (Å²) >= 11 is 12.2. The van der Waals surface area contributed by atoms with Gasteiger partial charge >= 0.3 is 12.0 Å². The van der Waals surface area contributed by atoms with E-state index < -0.39 is 0 Å². The summed E-state index contributed by atoms with van der Waals surface area (Å²) in [6, 6.07) is 14.4. The summed E-state index contributed by atoms with van der Waals surface area (Å²) in [6.07, 6.45) is 2.04. The monoisotopic (exact) mass is 519 g/mol. The summed E-state index contributed by atoms with van der Waals surface area (Å²) in [6.45, 7) is 3.88. The van der Waals surface area contributed by atoms with Crippen LogP contribution < -0.4 is 5.32 Å². The van der Waals surface area contributed by atoms with Crippen LogP contribution in [0, 0.1) is 5.92 Å². The number of benzene rings is 2. The maximum atomic E-state index is 13.1. The second-order valence-electron chi connectivity index (χ2n) is 8.43. The molecule has 0 bridgehead atoms. The van der Waals surface area contributed by atoms with Crippen molar-refractivity contribution in [3.63, 3.8) is 0 Å². The zero-order valence-corrected chi connectivity index (χ0v) is 21.4. The highest BCUT2D eigenvalue weighted by atomic mass is 35.5. The van der Waals surface area contributed by atoms with E-state index in [4.69, 9.17) is 27.9 Å². The Morgan fingerprint density at radius 2 is 1.77 bits per heavy atom. The number of urea groups is 1. The van der Waals surface area contributed by atoms with Crippen LogP contribution in [0.5, 0.6) is 0 Å². The average molecular weight is 520 g/mol. The number of ether oxygens (including phenoxy) is 1. The lowest BCUT2D eigenvalue weighted by Gasteiger charge is -2.31. The van der Waals surface area contributed by atoms with Crippen LogP contribution in [0.15, 0.2) is 48.5 Å². The zero-order valence-electron chi connectivity index (χ0n) is 19.8. The van der Waals surface area contributed by atoms with E-state index in [1.807, 2.05) is 30.3 Å². The topological polar surface area (TPSA) is 79.0 Å². The van der Waals surface area contributed by atoms with Gasteiger partial charge in [-0.1, -0.05) is 53.5 Å². The van der Waals surface area contributed by atoms with Gasteiger partial charge in [-0.05, 0) is 49.9 Å². The predicted octanol–water partition coefficient (Wildman–Crippen LogP) is 5.26. The van der Waals surface area contributed by atoms with Crippen LogP contribution >= 0.6 is 23.2 Å². The minimum absolute atomic E-state index is 0.0330. The Morgan fingerprint density at radius 1 is 1.06 bits per heavy atom. The molecule has 2 aromatic carbocycles.